The van der Waals surface area contributed by atoms with E-state index in [1.807, 2.05) is 18.2 Å². The van der Waals surface area contributed by atoms with Gasteiger partial charge in [-0.25, -0.2) is 0 Å². The molecule has 1 N–H and O–H groups in total. The molecule has 0 saturated heterocycles. The fraction of sp³-hybridized carbons (Fsp3) is 0.500. The third-order valence-electron chi connectivity index (χ3n) is 2.45. The Morgan fingerprint density at radius 3 is 2.53 bits per heavy atom. The zero-order valence-electron chi connectivity index (χ0n) is 9.28. The first-order chi connectivity index (χ1) is 7.15. The van der Waals surface area contributed by atoms with Crippen LogP contribution in [0.4, 0.5) is 0 Å². The number of hydrogen-bond acceptors (Lipinski definition) is 2. The first-order valence-electron chi connectivity index (χ1n) is 5.23. The summed E-state index contributed by atoms with van der Waals surface area (Å²) in [4.78, 5) is 2.25. The molecule has 84 valence electrons. The lowest BCUT2D eigenvalue weighted by Gasteiger charge is -2.26. The molecule has 3 heteroatoms. The average molecular weight is 272 g/mol. The van der Waals surface area contributed by atoms with E-state index in [0.717, 1.165) is 17.6 Å². The lowest BCUT2D eigenvalue weighted by molar-refractivity contribution is 0.159. The lowest BCUT2D eigenvalue weighted by atomic mass is 10.2. The molecule has 0 spiro atoms. The highest BCUT2D eigenvalue weighted by Crippen LogP contribution is 2.18. The van der Waals surface area contributed by atoms with Crippen LogP contribution in [0.1, 0.15) is 19.4 Å². The summed E-state index contributed by atoms with van der Waals surface area (Å²) >= 11 is 3.54. The van der Waals surface area contributed by atoms with Gasteiger partial charge in [-0.15, -0.1) is 0 Å². The minimum atomic E-state index is 0.211. The van der Waals surface area contributed by atoms with Crippen LogP contribution in [-0.4, -0.2) is 29.2 Å². The number of benzene rings is 1. The highest BCUT2D eigenvalue weighted by atomic mass is 79.9. The maximum Gasteiger partial charge on any atom is 0.0558 e. The molecule has 15 heavy (non-hydrogen) atoms. The number of nitrogens with zero attached hydrogens (tertiary/aromatic N) is 1. The molecular formula is C12H18BrNO. The Labute approximate surface area is 100 Å². The van der Waals surface area contributed by atoms with Crippen molar-refractivity contribution in [1.29, 1.82) is 0 Å². The van der Waals surface area contributed by atoms with Crippen LogP contribution in [0.25, 0.3) is 0 Å². The van der Waals surface area contributed by atoms with Crippen LogP contribution in [0.5, 0.6) is 0 Å². The highest BCUT2D eigenvalue weighted by Gasteiger charge is 2.10. The van der Waals surface area contributed by atoms with Gasteiger partial charge >= 0.3 is 0 Å². The average Bonchev–Trinajstić information content (AvgIpc) is 2.20. The number of aliphatic hydroxyl groups excluding tert-OH is 1. The van der Waals surface area contributed by atoms with Crippen LogP contribution in [0.3, 0.4) is 0 Å². The van der Waals surface area contributed by atoms with Crippen molar-refractivity contribution >= 4 is 15.9 Å². The monoisotopic (exact) mass is 271 g/mol. The number of aliphatic hydroxyl groups is 1. The van der Waals surface area contributed by atoms with Crippen molar-refractivity contribution in [1.82, 2.24) is 4.90 Å². The van der Waals surface area contributed by atoms with E-state index in [0.29, 0.717) is 6.04 Å². The minimum Gasteiger partial charge on any atom is -0.395 e. The first-order valence-corrected chi connectivity index (χ1v) is 6.02. The zero-order chi connectivity index (χ0) is 11.3. The van der Waals surface area contributed by atoms with E-state index in [9.17, 15) is 0 Å². The summed E-state index contributed by atoms with van der Waals surface area (Å²) in [6, 6.07) is 8.66. The van der Waals surface area contributed by atoms with Gasteiger partial charge in [-0.3, -0.25) is 4.90 Å². The van der Waals surface area contributed by atoms with Gasteiger partial charge in [-0.2, -0.15) is 0 Å². The Balaban J connectivity index is 2.69. The maximum absolute atomic E-state index is 8.98. The summed E-state index contributed by atoms with van der Waals surface area (Å²) in [6.07, 6.45) is 0. The molecule has 0 heterocycles. The van der Waals surface area contributed by atoms with Crippen LogP contribution < -0.4 is 0 Å². The van der Waals surface area contributed by atoms with Gasteiger partial charge in [0.15, 0.2) is 0 Å². The largest absolute Gasteiger partial charge is 0.395 e. The van der Waals surface area contributed by atoms with Crippen molar-refractivity contribution in [3.8, 4) is 0 Å². The lowest BCUT2D eigenvalue weighted by Crippen LogP contribution is -2.32. The maximum atomic E-state index is 8.98. The molecule has 0 aliphatic rings. The Hall–Kier alpha value is -0.380. The van der Waals surface area contributed by atoms with E-state index >= 15 is 0 Å². The number of rotatable bonds is 5. The smallest absolute Gasteiger partial charge is 0.0558 e. The molecule has 0 aliphatic heterocycles. The van der Waals surface area contributed by atoms with E-state index < -0.39 is 0 Å². The summed E-state index contributed by atoms with van der Waals surface area (Å²) in [6.45, 7) is 6.10. The van der Waals surface area contributed by atoms with Crippen molar-refractivity contribution in [3.05, 3.63) is 34.3 Å². The highest BCUT2D eigenvalue weighted by molar-refractivity contribution is 9.10. The summed E-state index contributed by atoms with van der Waals surface area (Å²) < 4.78 is 1.13. The molecule has 1 rings (SSSR count). The molecular weight excluding hydrogens is 254 g/mol. The summed E-state index contributed by atoms with van der Waals surface area (Å²) in [5, 5.41) is 8.98. The minimum absolute atomic E-state index is 0.211. The number of hydrogen-bond donors (Lipinski definition) is 1. The number of halogens is 1. The molecule has 0 radical (unpaired) electrons. The van der Waals surface area contributed by atoms with Crippen molar-refractivity contribution in [2.45, 2.75) is 26.4 Å². The van der Waals surface area contributed by atoms with E-state index in [4.69, 9.17) is 5.11 Å². The normalized spacial score (nSPS) is 11.3. The summed E-state index contributed by atoms with van der Waals surface area (Å²) in [5.41, 5.74) is 1.26. The van der Waals surface area contributed by atoms with Crippen LogP contribution in [-0.2, 0) is 6.54 Å². The fourth-order valence-corrected chi connectivity index (χ4v) is 1.90. The van der Waals surface area contributed by atoms with Gasteiger partial charge in [0.1, 0.15) is 0 Å². The van der Waals surface area contributed by atoms with E-state index in [2.05, 4.69) is 40.7 Å². The van der Waals surface area contributed by atoms with Crippen LogP contribution in [0.2, 0.25) is 0 Å². The summed E-state index contributed by atoms with van der Waals surface area (Å²) in [5.74, 6) is 0. The van der Waals surface area contributed by atoms with Gasteiger partial charge in [0, 0.05) is 23.6 Å². The fourth-order valence-electron chi connectivity index (χ4n) is 1.49. The second kappa shape index (κ2) is 6.26. The van der Waals surface area contributed by atoms with Crippen LogP contribution in [0, 0.1) is 0 Å². The second-order valence-corrected chi connectivity index (χ2v) is 4.73. The molecule has 2 nitrogen and oxygen atoms in total. The van der Waals surface area contributed by atoms with E-state index in [1.165, 1.54) is 5.56 Å². The van der Waals surface area contributed by atoms with E-state index in [1.54, 1.807) is 0 Å². The Kier molecular flexibility index (Phi) is 5.29. The molecule has 0 saturated carbocycles. The predicted molar refractivity (Wildman–Crippen MR) is 66.8 cm³/mol. The molecule has 0 amide bonds. The van der Waals surface area contributed by atoms with Crippen LogP contribution in [0.15, 0.2) is 28.7 Å². The Morgan fingerprint density at radius 1 is 1.33 bits per heavy atom. The van der Waals surface area contributed by atoms with Crippen molar-refractivity contribution in [3.63, 3.8) is 0 Å². The van der Waals surface area contributed by atoms with Gasteiger partial charge in [0.2, 0.25) is 0 Å². The second-order valence-electron chi connectivity index (χ2n) is 3.88. The van der Waals surface area contributed by atoms with Crippen molar-refractivity contribution < 1.29 is 5.11 Å². The van der Waals surface area contributed by atoms with Gasteiger partial charge in [0.25, 0.3) is 0 Å². The molecule has 0 bridgehead atoms. The SMILES string of the molecule is CC(C)N(CCO)Cc1ccccc1Br. The molecule has 0 unspecified atom stereocenters. The van der Waals surface area contributed by atoms with Gasteiger partial charge < -0.3 is 5.11 Å². The third-order valence-corrected chi connectivity index (χ3v) is 3.22. The van der Waals surface area contributed by atoms with Crippen LogP contribution >= 0.6 is 15.9 Å². The topological polar surface area (TPSA) is 23.5 Å². The standard InChI is InChI=1S/C12H18BrNO/c1-10(2)14(7-8-15)9-11-5-3-4-6-12(11)13/h3-6,10,15H,7-9H2,1-2H3. The third kappa shape index (κ3) is 3.93. The molecule has 0 aliphatic carbocycles. The predicted octanol–water partition coefficient (Wildman–Crippen LogP) is 2.65. The molecule has 0 fully saturated rings. The van der Waals surface area contributed by atoms with Gasteiger partial charge in [-0.05, 0) is 25.5 Å². The van der Waals surface area contributed by atoms with Crippen molar-refractivity contribution in [2.24, 2.45) is 0 Å². The molecule has 1 aromatic rings. The van der Waals surface area contributed by atoms with Gasteiger partial charge in [0.05, 0.1) is 6.61 Å². The Morgan fingerprint density at radius 2 is 2.00 bits per heavy atom. The first kappa shape index (κ1) is 12.7. The van der Waals surface area contributed by atoms with Gasteiger partial charge in [-0.1, -0.05) is 34.1 Å². The molecule has 0 atom stereocenters. The van der Waals surface area contributed by atoms with E-state index in [-0.39, 0.29) is 6.61 Å². The quantitative estimate of drug-likeness (QED) is 0.890. The Bertz CT molecular complexity index is 301. The zero-order valence-corrected chi connectivity index (χ0v) is 10.9. The molecule has 0 aromatic heterocycles. The van der Waals surface area contributed by atoms with Crippen molar-refractivity contribution in [2.75, 3.05) is 13.2 Å². The molecule has 1 aromatic carbocycles. The summed E-state index contributed by atoms with van der Waals surface area (Å²) in [7, 11) is 0.